The number of aromatic amines is 1. The normalized spacial score (nSPS) is 12.1. The Morgan fingerprint density at radius 2 is 1.65 bits per heavy atom. The molecule has 43 heavy (non-hydrogen) atoms. The van der Waals surface area contributed by atoms with Gasteiger partial charge in [-0.3, -0.25) is 9.59 Å². The Labute approximate surface area is 248 Å². The predicted octanol–water partition coefficient (Wildman–Crippen LogP) is 3.03. The number of nitro groups is 1. The number of rotatable bonds is 14. The molecule has 1 aromatic heterocycles. The second kappa shape index (κ2) is 15.0. The number of aromatic nitrogens is 1. The third kappa shape index (κ3) is 8.55. The SMILES string of the molecule is COc1ccc2[nH]cc(CCNC(=O)[C@H](CCCNC(N)=N[N+](=O)[O-])NC(=O)C(c3ccccc3)c3ccccc3)c2c1. The first-order chi connectivity index (χ1) is 20.9. The van der Waals surface area contributed by atoms with Crippen LogP contribution in [0.2, 0.25) is 0 Å². The number of H-pyrrole nitrogens is 1. The first-order valence-electron chi connectivity index (χ1n) is 13.9. The molecule has 0 saturated heterocycles. The minimum atomic E-state index is -0.893. The Bertz CT molecular complexity index is 1520. The minimum Gasteiger partial charge on any atom is -0.497 e. The Balaban J connectivity index is 1.46. The molecule has 12 heteroatoms. The number of amides is 2. The first kappa shape index (κ1) is 30.6. The van der Waals surface area contributed by atoms with Crippen LogP contribution < -0.4 is 26.4 Å². The van der Waals surface area contributed by atoms with E-state index in [1.807, 2.05) is 85.1 Å². The van der Waals surface area contributed by atoms with Gasteiger partial charge in [0.25, 0.3) is 5.96 Å². The minimum absolute atomic E-state index is 0.223. The average molecular weight is 586 g/mol. The fourth-order valence-corrected chi connectivity index (χ4v) is 4.89. The van der Waals surface area contributed by atoms with Gasteiger partial charge >= 0.3 is 0 Å². The maximum absolute atomic E-state index is 13.8. The number of nitrogens with zero attached hydrogens (tertiary/aromatic N) is 2. The lowest BCUT2D eigenvalue weighted by Gasteiger charge is -2.23. The van der Waals surface area contributed by atoms with Gasteiger partial charge in [-0.15, -0.1) is 0 Å². The predicted molar refractivity (Wildman–Crippen MR) is 164 cm³/mol. The molecule has 0 radical (unpaired) electrons. The summed E-state index contributed by atoms with van der Waals surface area (Å²) in [4.78, 5) is 40.9. The van der Waals surface area contributed by atoms with Crippen molar-refractivity contribution in [1.82, 2.24) is 20.9 Å². The lowest BCUT2D eigenvalue weighted by atomic mass is 9.90. The van der Waals surface area contributed by atoms with Crippen molar-refractivity contribution in [3.8, 4) is 5.75 Å². The van der Waals surface area contributed by atoms with E-state index in [2.05, 4.69) is 26.0 Å². The number of hydrogen-bond donors (Lipinski definition) is 5. The zero-order valence-corrected chi connectivity index (χ0v) is 23.8. The highest BCUT2D eigenvalue weighted by atomic mass is 16.7. The molecule has 12 nitrogen and oxygen atoms in total. The second-order valence-corrected chi connectivity index (χ2v) is 9.87. The van der Waals surface area contributed by atoms with Crippen molar-refractivity contribution >= 4 is 28.7 Å². The molecule has 3 aromatic carbocycles. The third-order valence-electron chi connectivity index (χ3n) is 6.99. The van der Waals surface area contributed by atoms with E-state index in [1.54, 1.807) is 7.11 Å². The van der Waals surface area contributed by atoms with Crippen LogP contribution in [0.25, 0.3) is 10.9 Å². The van der Waals surface area contributed by atoms with E-state index in [-0.39, 0.29) is 30.7 Å². The summed E-state index contributed by atoms with van der Waals surface area (Å²) in [6.45, 7) is 0.567. The smallest absolute Gasteiger partial charge is 0.266 e. The number of ether oxygens (including phenoxy) is 1. The van der Waals surface area contributed by atoms with Gasteiger partial charge in [0.05, 0.1) is 13.0 Å². The Kier molecular flexibility index (Phi) is 10.7. The molecule has 4 aromatic rings. The van der Waals surface area contributed by atoms with Crippen LogP contribution in [-0.2, 0) is 16.0 Å². The molecular formula is C31H35N7O5. The Morgan fingerprint density at radius 1 is 0.977 bits per heavy atom. The zero-order chi connectivity index (χ0) is 30.6. The zero-order valence-electron chi connectivity index (χ0n) is 23.8. The molecule has 0 saturated carbocycles. The molecule has 0 aliphatic rings. The Hall–Kier alpha value is -5.39. The van der Waals surface area contributed by atoms with Crippen molar-refractivity contribution in [2.24, 2.45) is 10.8 Å². The fraction of sp³-hybridized carbons (Fsp3) is 0.258. The summed E-state index contributed by atoms with van der Waals surface area (Å²) in [7, 11) is 1.61. The number of guanidine groups is 1. The van der Waals surface area contributed by atoms with Crippen LogP contribution >= 0.6 is 0 Å². The van der Waals surface area contributed by atoms with Crippen LogP contribution in [0.15, 0.2) is 90.2 Å². The van der Waals surface area contributed by atoms with E-state index in [4.69, 9.17) is 10.5 Å². The van der Waals surface area contributed by atoms with E-state index in [0.29, 0.717) is 19.4 Å². The number of carbonyl (C=O) groups excluding carboxylic acids is 2. The summed E-state index contributed by atoms with van der Waals surface area (Å²) in [6, 6.07) is 23.6. The number of nitrogens with two attached hydrogens (primary N) is 1. The molecule has 4 rings (SSSR count). The van der Waals surface area contributed by atoms with E-state index in [9.17, 15) is 19.7 Å². The lowest BCUT2D eigenvalue weighted by Crippen LogP contribution is -2.49. The van der Waals surface area contributed by atoms with Crippen LogP contribution in [0.5, 0.6) is 5.75 Å². The van der Waals surface area contributed by atoms with Crippen LogP contribution in [0.3, 0.4) is 0 Å². The van der Waals surface area contributed by atoms with Gasteiger partial charge in [-0.25, -0.2) is 10.1 Å². The topological polar surface area (TPSA) is 177 Å². The molecule has 0 bridgehead atoms. The molecule has 1 heterocycles. The second-order valence-electron chi connectivity index (χ2n) is 9.87. The van der Waals surface area contributed by atoms with Gasteiger partial charge < -0.3 is 31.4 Å². The van der Waals surface area contributed by atoms with Crippen LogP contribution in [-0.4, -0.2) is 54.0 Å². The van der Waals surface area contributed by atoms with Crippen LogP contribution in [0, 0.1) is 10.1 Å². The van der Waals surface area contributed by atoms with Gasteiger partial charge in [0.2, 0.25) is 11.8 Å². The highest BCUT2D eigenvalue weighted by molar-refractivity contribution is 5.92. The highest BCUT2D eigenvalue weighted by Gasteiger charge is 2.27. The molecule has 0 spiro atoms. The summed E-state index contributed by atoms with van der Waals surface area (Å²) in [5, 5.41) is 22.2. The summed E-state index contributed by atoms with van der Waals surface area (Å²) >= 11 is 0. The summed E-state index contributed by atoms with van der Waals surface area (Å²) < 4.78 is 5.34. The number of hydrazone groups is 1. The molecule has 0 aliphatic heterocycles. The number of nitrogens with one attached hydrogen (secondary N) is 4. The highest BCUT2D eigenvalue weighted by Crippen LogP contribution is 2.26. The Morgan fingerprint density at radius 3 is 2.28 bits per heavy atom. The molecule has 6 N–H and O–H groups in total. The summed E-state index contributed by atoms with van der Waals surface area (Å²) in [6.07, 6.45) is 3.11. The molecular weight excluding hydrogens is 550 g/mol. The number of benzene rings is 3. The van der Waals surface area contributed by atoms with Crippen molar-refractivity contribution in [3.63, 3.8) is 0 Å². The monoisotopic (exact) mass is 585 g/mol. The van der Waals surface area contributed by atoms with Crippen molar-refractivity contribution in [3.05, 3.63) is 112 Å². The van der Waals surface area contributed by atoms with Crippen LogP contribution in [0.4, 0.5) is 0 Å². The van der Waals surface area contributed by atoms with Gasteiger partial charge in [0, 0.05) is 30.2 Å². The molecule has 1 atom stereocenters. The van der Waals surface area contributed by atoms with Gasteiger partial charge in [0.1, 0.15) is 16.9 Å². The standard InChI is InChI=1S/C31H35N7O5/c1-43-24-14-15-26-25(19-24)23(20-35-26)16-18-33-29(39)27(13-8-17-34-31(32)37-38(41)42)36-30(40)28(21-9-4-2-5-10-21)22-11-6-3-7-12-22/h2-7,9-12,14-15,19-20,27-28,35H,8,13,16-18H2,1H3,(H,33,39)(H,36,40)(H3,32,34,37)/t27-/m0/s1. The number of methoxy groups -OCH3 is 1. The summed E-state index contributed by atoms with van der Waals surface area (Å²) in [5.41, 5.74) is 9.09. The molecule has 0 unspecified atom stereocenters. The van der Waals surface area contributed by atoms with Crippen molar-refractivity contribution in [2.75, 3.05) is 20.2 Å². The third-order valence-corrected chi connectivity index (χ3v) is 6.99. The van der Waals surface area contributed by atoms with Gasteiger partial charge in [-0.2, -0.15) is 0 Å². The average Bonchev–Trinajstić information content (AvgIpc) is 3.41. The molecule has 0 fully saturated rings. The maximum Gasteiger partial charge on any atom is 0.266 e. The van der Waals surface area contributed by atoms with Crippen molar-refractivity contribution in [2.45, 2.75) is 31.2 Å². The van der Waals surface area contributed by atoms with Crippen molar-refractivity contribution in [1.29, 1.82) is 0 Å². The summed E-state index contributed by atoms with van der Waals surface area (Å²) in [5.74, 6) is -0.871. The number of carbonyl (C=O) groups is 2. The van der Waals surface area contributed by atoms with E-state index in [0.717, 1.165) is 33.3 Å². The number of hydrogen-bond acceptors (Lipinski definition) is 5. The van der Waals surface area contributed by atoms with Crippen LogP contribution in [0.1, 0.15) is 35.4 Å². The first-order valence-corrected chi connectivity index (χ1v) is 13.9. The van der Waals surface area contributed by atoms with Gasteiger partial charge in [0.15, 0.2) is 5.03 Å². The number of fused-ring (bicyclic) bond motifs is 1. The van der Waals surface area contributed by atoms with E-state index >= 15 is 0 Å². The lowest BCUT2D eigenvalue weighted by molar-refractivity contribution is -0.485. The van der Waals surface area contributed by atoms with Crippen molar-refractivity contribution < 1.29 is 19.4 Å². The molecule has 2 amide bonds. The van der Waals surface area contributed by atoms with E-state index < -0.39 is 17.0 Å². The quantitative estimate of drug-likeness (QED) is 0.0496. The maximum atomic E-state index is 13.8. The van der Waals surface area contributed by atoms with Gasteiger partial charge in [-0.05, 0) is 54.2 Å². The molecule has 0 aliphatic carbocycles. The fourth-order valence-electron chi connectivity index (χ4n) is 4.89. The largest absolute Gasteiger partial charge is 0.497 e. The van der Waals surface area contributed by atoms with E-state index in [1.165, 1.54) is 0 Å². The molecule has 224 valence electrons. The van der Waals surface area contributed by atoms with Gasteiger partial charge in [-0.1, -0.05) is 60.7 Å².